The average Bonchev–Trinajstić information content (AvgIpc) is 2.38. The molecular weight excluding hydrogens is 248 g/mol. The van der Waals surface area contributed by atoms with E-state index in [9.17, 15) is 4.79 Å². The summed E-state index contributed by atoms with van der Waals surface area (Å²) in [5.41, 5.74) is -0.322. The summed E-state index contributed by atoms with van der Waals surface area (Å²) in [6, 6.07) is 0. The second kappa shape index (κ2) is 11.2. The molecule has 0 unspecified atom stereocenters. The van der Waals surface area contributed by atoms with E-state index < -0.39 is 0 Å². The van der Waals surface area contributed by atoms with Crippen molar-refractivity contribution in [1.82, 2.24) is 0 Å². The van der Waals surface area contributed by atoms with E-state index in [1.54, 1.807) is 0 Å². The Labute approximate surface area is 126 Å². The molecule has 0 saturated carbocycles. The minimum atomic E-state index is -0.322. The molecule has 0 fully saturated rings. The Bertz CT molecular complexity index is 244. The van der Waals surface area contributed by atoms with Gasteiger partial charge in [-0.1, -0.05) is 72.1 Å². The summed E-state index contributed by atoms with van der Waals surface area (Å²) in [5.74, 6) is 0.381. The maximum atomic E-state index is 12.0. The smallest absolute Gasteiger partial charge is 0.311 e. The molecule has 0 aliphatic carbocycles. The Kier molecular flexibility index (Phi) is 10.9. The molecule has 0 aliphatic heterocycles. The number of carbonyl (C=O) groups is 1. The summed E-state index contributed by atoms with van der Waals surface area (Å²) in [6.07, 6.45) is 11.4. The number of ether oxygens (including phenoxy) is 1. The molecule has 0 radical (unpaired) electrons. The molecule has 0 saturated heterocycles. The van der Waals surface area contributed by atoms with Crippen LogP contribution in [-0.4, -0.2) is 12.6 Å². The molecule has 0 rings (SSSR count). The van der Waals surface area contributed by atoms with Crippen LogP contribution in [-0.2, 0) is 9.53 Å². The van der Waals surface area contributed by atoms with E-state index in [2.05, 4.69) is 20.8 Å². The summed E-state index contributed by atoms with van der Waals surface area (Å²) in [7, 11) is 0. The lowest BCUT2D eigenvalue weighted by atomic mass is 9.87. The lowest BCUT2D eigenvalue weighted by Crippen LogP contribution is -2.27. The number of hydrogen-bond donors (Lipinski definition) is 0. The Morgan fingerprint density at radius 3 is 1.95 bits per heavy atom. The number of esters is 1. The van der Waals surface area contributed by atoms with Gasteiger partial charge in [0.15, 0.2) is 0 Å². The highest BCUT2D eigenvalue weighted by molar-refractivity contribution is 5.75. The summed E-state index contributed by atoms with van der Waals surface area (Å²) in [4.78, 5) is 12.0. The van der Waals surface area contributed by atoms with Gasteiger partial charge in [0.1, 0.15) is 0 Å². The summed E-state index contributed by atoms with van der Waals surface area (Å²) in [5, 5.41) is 0. The zero-order valence-corrected chi connectivity index (χ0v) is 14.5. The first kappa shape index (κ1) is 19.5. The molecule has 0 bridgehead atoms. The highest BCUT2D eigenvalue weighted by Crippen LogP contribution is 2.26. The third-order valence-corrected chi connectivity index (χ3v) is 3.76. The molecule has 0 aromatic heterocycles. The summed E-state index contributed by atoms with van der Waals surface area (Å²) < 4.78 is 5.35. The topological polar surface area (TPSA) is 26.3 Å². The molecule has 0 spiro atoms. The van der Waals surface area contributed by atoms with Gasteiger partial charge in [0.2, 0.25) is 0 Å². The van der Waals surface area contributed by atoms with E-state index in [1.165, 1.54) is 44.9 Å². The first-order valence-electron chi connectivity index (χ1n) is 8.57. The van der Waals surface area contributed by atoms with Crippen LogP contribution in [0.4, 0.5) is 0 Å². The number of hydrogen-bond acceptors (Lipinski definition) is 2. The minimum Gasteiger partial charge on any atom is -0.465 e. The molecule has 0 atom stereocenters. The monoisotopic (exact) mass is 284 g/mol. The molecule has 0 aromatic carbocycles. The molecule has 0 heterocycles. The van der Waals surface area contributed by atoms with Crippen molar-refractivity contribution in [2.45, 2.75) is 92.4 Å². The van der Waals surface area contributed by atoms with Gasteiger partial charge in [0, 0.05) is 0 Å². The second-order valence-electron chi connectivity index (χ2n) is 7.10. The normalized spacial score (nSPS) is 11.9. The van der Waals surface area contributed by atoms with Gasteiger partial charge in [-0.2, -0.15) is 0 Å². The molecule has 0 aromatic rings. The maximum Gasteiger partial charge on any atom is 0.311 e. The van der Waals surface area contributed by atoms with E-state index in [4.69, 9.17) is 4.74 Å². The van der Waals surface area contributed by atoms with Crippen LogP contribution in [0.1, 0.15) is 92.4 Å². The Hall–Kier alpha value is -0.530. The van der Waals surface area contributed by atoms with Gasteiger partial charge in [-0.15, -0.1) is 0 Å². The Balaban J connectivity index is 3.63. The van der Waals surface area contributed by atoms with Gasteiger partial charge in [-0.3, -0.25) is 4.79 Å². The lowest BCUT2D eigenvalue weighted by molar-refractivity contribution is -0.155. The third-order valence-electron chi connectivity index (χ3n) is 3.76. The van der Waals surface area contributed by atoms with Crippen LogP contribution in [0.15, 0.2) is 0 Å². The zero-order valence-electron chi connectivity index (χ0n) is 14.5. The van der Waals surface area contributed by atoms with E-state index in [1.807, 2.05) is 13.8 Å². The van der Waals surface area contributed by atoms with Crippen molar-refractivity contribution in [2.75, 3.05) is 6.61 Å². The molecule has 20 heavy (non-hydrogen) atoms. The molecule has 0 amide bonds. The van der Waals surface area contributed by atoms with Crippen LogP contribution >= 0.6 is 0 Å². The number of unbranched alkanes of at least 4 members (excludes halogenated alkanes) is 7. The van der Waals surface area contributed by atoms with E-state index in [0.29, 0.717) is 12.5 Å². The van der Waals surface area contributed by atoms with Crippen molar-refractivity contribution in [2.24, 2.45) is 11.3 Å². The van der Waals surface area contributed by atoms with Crippen molar-refractivity contribution in [1.29, 1.82) is 0 Å². The molecule has 2 nitrogen and oxygen atoms in total. The number of carbonyl (C=O) groups excluding carboxylic acids is 1. The van der Waals surface area contributed by atoms with Crippen molar-refractivity contribution in [3.8, 4) is 0 Å². The quantitative estimate of drug-likeness (QED) is 0.337. The van der Waals surface area contributed by atoms with Crippen LogP contribution in [0.2, 0.25) is 0 Å². The zero-order chi connectivity index (χ0) is 15.4. The van der Waals surface area contributed by atoms with E-state index in [-0.39, 0.29) is 11.4 Å². The molecule has 0 N–H and O–H groups in total. The van der Waals surface area contributed by atoms with E-state index >= 15 is 0 Å². The fraction of sp³-hybridized carbons (Fsp3) is 0.944. The highest BCUT2D eigenvalue weighted by atomic mass is 16.5. The summed E-state index contributed by atoms with van der Waals surface area (Å²) >= 11 is 0. The van der Waals surface area contributed by atoms with Crippen LogP contribution in [0.3, 0.4) is 0 Å². The van der Waals surface area contributed by atoms with Gasteiger partial charge in [-0.25, -0.2) is 0 Å². The first-order valence-corrected chi connectivity index (χ1v) is 8.57. The fourth-order valence-corrected chi connectivity index (χ4v) is 2.24. The van der Waals surface area contributed by atoms with Crippen molar-refractivity contribution in [3.05, 3.63) is 0 Å². The third kappa shape index (κ3) is 10.3. The molecule has 120 valence electrons. The summed E-state index contributed by atoms with van der Waals surface area (Å²) in [6.45, 7) is 11.0. The van der Waals surface area contributed by atoms with Crippen molar-refractivity contribution >= 4 is 5.97 Å². The SMILES string of the molecule is CCCCCCCCCCC(C)(C)C(=O)OCC(C)C. The largest absolute Gasteiger partial charge is 0.465 e. The van der Waals surface area contributed by atoms with Crippen LogP contribution in [0.5, 0.6) is 0 Å². The first-order chi connectivity index (χ1) is 9.40. The lowest BCUT2D eigenvalue weighted by Gasteiger charge is -2.23. The van der Waals surface area contributed by atoms with Gasteiger partial charge >= 0.3 is 5.97 Å². The van der Waals surface area contributed by atoms with Crippen LogP contribution in [0, 0.1) is 11.3 Å². The second-order valence-corrected chi connectivity index (χ2v) is 7.10. The van der Waals surface area contributed by atoms with Crippen LogP contribution < -0.4 is 0 Å². The minimum absolute atomic E-state index is 0.0332. The molecule has 2 heteroatoms. The Morgan fingerprint density at radius 2 is 1.45 bits per heavy atom. The maximum absolute atomic E-state index is 12.0. The molecular formula is C18H36O2. The van der Waals surface area contributed by atoms with Crippen molar-refractivity contribution in [3.63, 3.8) is 0 Å². The van der Waals surface area contributed by atoms with Crippen LogP contribution in [0.25, 0.3) is 0 Å². The predicted octanol–water partition coefficient (Wildman–Crippen LogP) is 5.74. The standard InChI is InChI=1S/C18H36O2/c1-6-7-8-9-10-11-12-13-14-18(4,5)17(19)20-15-16(2)3/h16H,6-15H2,1-5H3. The van der Waals surface area contributed by atoms with Gasteiger partial charge in [0.25, 0.3) is 0 Å². The van der Waals surface area contributed by atoms with E-state index in [0.717, 1.165) is 12.8 Å². The fourth-order valence-electron chi connectivity index (χ4n) is 2.24. The average molecular weight is 284 g/mol. The predicted molar refractivity (Wildman–Crippen MR) is 86.8 cm³/mol. The van der Waals surface area contributed by atoms with Gasteiger partial charge < -0.3 is 4.74 Å². The van der Waals surface area contributed by atoms with Crippen molar-refractivity contribution < 1.29 is 9.53 Å². The number of rotatable bonds is 12. The Morgan fingerprint density at radius 1 is 0.950 bits per heavy atom. The van der Waals surface area contributed by atoms with Gasteiger partial charge in [-0.05, 0) is 26.2 Å². The highest BCUT2D eigenvalue weighted by Gasteiger charge is 2.28. The van der Waals surface area contributed by atoms with Gasteiger partial charge in [0.05, 0.1) is 12.0 Å². The molecule has 0 aliphatic rings.